The number of halogens is 4. The van der Waals surface area contributed by atoms with E-state index in [9.17, 15) is 27.3 Å². The number of carbonyl (C=O) groups excluding carboxylic acids is 1. The van der Waals surface area contributed by atoms with Crippen molar-refractivity contribution in [1.29, 1.82) is 0 Å². The Morgan fingerprint density at radius 2 is 1.96 bits per heavy atom. The number of carbonyl (C=O) groups is 1. The predicted octanol–water partition coefficient (Wildman–Crippen LogP) is 3.43. The van der Waals surface area contributed by atoms with Crippen molar-refractivity contribution >= 4 is 65.5 Å². The first-order valence-electron chi connectivity index (χ1n) is 16.1. The number of aliphatic hydroxyl groups excluding tert-OH is 1. The number of hydrogen-bond donors (Lipinski definition) is 6. The first-order valence-corrected chi connectivity index (χ1v) is 19.3. The van der Waals surface area contributed by atoms with Crippen molar-refractivity contribution in [2.45, 2.75) is 55.9 Å². The second-order valence-electron chi connectivity index (χ2n) is 12.1. The van der Waals surface area contributed by atoms with Crippen molar-refractivity contribution < 1.29 is 51.6 Å². The number of cyclic esters (lactones) is 1. The lowest BCUT2D eigenvalue weighted by Gasteiger charge is -2.35. The van der Waals surface area contributed by atoms with Crippen LogP contribution in [0.25, 0.3) is 11.2 Å². The van der Waals surface area contributed by atoms with E-state index in [0.29, 0.717) is 23.5 Å². The maximum absolute atomic E-state index is 13.6. The molecule has 2 aliphatic heterocycles. The van der Waals surface area contributed by atoms with Crippen molar-refractivity contribution in [3.63, 3.8) is 0 Å². The molecule has 5 heterocycles. The lowest BCUT2D eigenvalue weighted by atomic mass is 9.90. The first-order chi connectivity index (χ1) is 25.9. The highest BCUT2D eigenvalue weighted by molar-refractivity contribution is 8.00. The van der Waals surface area contributed by atoms with Gasteiger partial charge >= 0.3 is 25.6 Å². The van der Waals surface area contributed by atoms with Crippen LogP contribution in [0.2, 0.25) is 5.02 Å². The van der Waals surface area contributed by atoms with Crippen LogP contribution in [-0.4, -0.2) is 86.5 Å². The van der Waals surface area contributed by atoms with Crippen LogP contribution >= 0.6 is 31.0 Å². The van der Waals surface area contributed by atoms with Crippen LogP contribution in [0.5, 0.6) is 0 Å². The summed E-state index contributed by atoms with van der Waals surface area (Å²) in [5, 5.41) is 11.2. The molecule has 1 saturated carbocycles. The molecule has 4 aromatic rings. The Bertz CT molecular complexity index is 2190. The van der Waals surface area contributed by atoms with Crippen molar-refractivity contribution in [3.05, 3.63) is 64.2 Å². The third kappa shape index (κ3) is 10.6. The number of nitrogens with one attached hydrogen (secondary N) is 1. The number of nitrogens with zero attached hydrogens (tertiary/aromatic N) is 6. The third-order valence-electron chi connectivity index (χ3n) is 7.73. The highest BCUT2D eigenvalue weighted by Gasteiger charge is 2.62. The van der Waals surface area contributed by atoms with Gasteiger partial charge in [-0.1, -0.05) is 17.5 Å². The van der Waals surface area contributed by atoms with Crippen molar-refractivity contribution in [2.75, 3.05) is 35.5 Å². The Kier molecular flexibility index (Phi) is 13.0. The standard InChI is InChI=1S/C14H9ClF3NO2.C9H14N5O4P.C8H11N3O3S/c15-9-3-4-11-10(7-9)13(14(16,17)18,21-12(20)19-11)6-5-8-1-2-8;1-6(18-5-19(15,16)17)2-14-4-13-7-8(10)11-3-12-9(7)14;9-5-1-2-11(8(13)10-5)6-4-15-7(3-12)14-6/h3-4,7-8H,1-2H2,(H,19,20);3-4,6H,2,5H2,1H3,(H2,10,11,12)(H2,15,16,17);1-2,6-7,12H,3-4H2,(H2,9,10,13)/t13-;6-;6-,7+/m010/s1. The number of benzene rings is 1. The largest absolute Gasteiger partial charge is 0.445 e. The van der Waals surface area contributed by atoms with Gasteiger partial charge in [0.1, 0.15) is 35.7 Å². The van der Waals surface area contributed by atoms with Gasteiger partial charge in [0.05, 0.1) is 31.3 Å². The van der Waals surface area contributed by atoms with Crippen LogP contribution < -0.4 is 22.5 Å². The third-order valence-corrected chi connectivity index (χ3v) is 9.56. The minimum Gasteiger partial charge on any atom is -0.415 e. The summed E-state index contributed by atoms with van der Waals surface area (Å²) in [5.41, 5.74) is 8.10. The quantitative estimate of drug-likeness (QED) is 0.115. The zero-order valence-corrected chi connectivity index (χ0v) is 31.1. The van der Waals surface area contributed by atoms with Gasteiger partial charge in [-0.15, -0.1) is 11.8 Å². The molecular formula is C31H34ClF3N9O9PS. The van der Waals surface area contributed by atoms with E-state index >= 15 is 0 Å². The molecule has 296 valence electrons. The highest BCUT2D eigenvalue weighted by atomic mass is 35.5. The molecule has 0 bridgehead atoms. The number of anilines is 3. The summed E-state index contributed by atoms with van der Waals surface area (Å²) in [5.74, 6) is 5.70. The van der Waals surface area contributed by atoms with E-state index in [1.54, 1.807) is 23.8 Å². The SMILES string of the molecule is C[C@H](Cn1cnc2c(N)ncnc21)OCP(=O)(O)O.Nc1ccn([C@@H]2CS[C@H](CO)O2)c(=O)n1.O=C1Nc2ccc(Cl)cc2[C@@](C#CC2CC2)(C(F)(F)F)O1. The van der Waals surface area contributed by atoms with Gasteiger partial charge in [0.15, 0.2) is 11.5 Å². The number of rotatable bonds is 7. The molecule has 0 spiro atoms. The van der Waals surface area contributed by atoms with E-state index in [2.05, 4.69) is 41.8 Å². The zero-order chi connectivity index (χ0) is 40.1. The fraction of sp³-hybridized carbons (Fsp3) is 0.419. The number of alkyl halides is 3. The van der Waals surface area contributed by atoms with Crippen LogP contribution in [0.4, 0.5) is 35.3 Å². The number of aliphatic hydroxyl groups is 1. The van der Waals surface area contributed by atoms with Gasteiger partial charge in [-0.3, -0.25) is 14.4 Å². The van der Waals surface area contributed by atoms with Crippen molar-refractivity contribution in [2.24, 2.45) is 5.92 Å². The molecule has 0 radical (unpaired) electrons. The Labute approximate surface area is 318 Å². The Balaban J connectivity index is 0.000000160. The molecule has 0 unspecified atom stereocenters. The minimum atomic E-state index is -4.87. The average Bonchev–Trinajstić information content (AvgIpc) is 3.66. The molecule has 1 amide bonds. The topological polar surface area (TPSA) is 265 Å². The van der Waals surface area contributed by atoms with Crippen LogP contribution in [0.1, 0.15) is 31.6 Å². The van der Waals surface area contributed by atoms with Gasteiger partial charge in [0.25, 0.3) is 5.60 Å². The number of nitrogen functional groups attached to an aromatic ring is 2. The summed E-state index contributed by atoms with van der Waals surface area (Å²) in [4.78, 5) is 56.0. The fourth-order valence-electron chi connectivity index (χ4n) is 4.97. The molecule has 1 aromatic carbocycles. The zero-order valence-electron chi connectivity index (χ0n) is 28.6. The molecular weight excluding hydrogens is 798 g/mol. The van der Waals surface area contributed by atoms with Crippen LogP contribution in [0.3, 0.4) is 0 Å². The number of amides is 1. The van der Waals surface area contributed by atoms with E-state index in [4.69, 9.17) is 47.4 Å². The molecule has 1 aliphatic carbocycles. The number of fused-ring (bicyclic) bond motifs is 2. The van der Waals surface area contributed by atoms with Crippen LogP contribution in [0, 0.1) is 17.8 Å². The summed E-state index contributed by atoms with van der Waals surface area (Å²) in [6.07, 6.45) is -1.50. The van der Waals surface area contributed by atoms with Gasteiger partial charge in [-0.05, 0) is 50.0 Å². The number of aromatic nitrogens is 6. The normalized spacial score (nSPS) is 21.1. The average molecular weight is 832 g/mol. The van der Waals surface area contributed by atoms with E-state index in [1.807, 2.05) is 0 Å². The number of imidazole rings is 1. The molecule has 18 nitrogen and oxygen atoms in total. The molecule has 8 N–H and O–H groups in total. The second kappa shape index (κ2) is 17.1. The predicted molar refractivity (Wildman–Crippen MR) is 193 cm³/mol. The molecule has 1 saturated heterocycles. The number of nitrogens with two attached hydrogens (primary N) is 2. The second-order valence-corrected chi connectivity index (χ2v) is 15.3. The first kappa shape index (κ1) is 41.7. The molecule has 2 fully saturated rings. The smallest absolute Gasteiger partial charge is 0.415 e. The summed E-state index contributed by atoms with van der Waals surface area (Å²) < 4.78 is 69.7. The van der Waals surface area contributed by atoms with Gasteiger partial charge in [-0.25, -0.2) is 24.5 Å². The monoisotopic (exact) mass is 831 g/mol. The fourth-order valence-corrected chi connectivity index (χ4v) is 6.52. The van der Waals surface area contributed by atoms with Gasteiger partial charge in [0, 0.05) is 28.5 Å². The van der Waals surface area contributed by atoms with E-state index < -0.39 is 43.6 Å². The van der Waals surface area contributed by atoms with Crippen LogP contribution in [0.15, 0.2) is 47.9 Å². The molecule has 7 rings (SSSR count). The highest BCUT2D eigenvalue weighted by Crippen LogP contribution is 2.48. The van der Waals surface area contributed by atoms with Gasteiger partial charge in [0.2, 0.25) is 0 Å². The Morgan fingerprint density at radius 3 is 2.60 bits per heavy atom. The lowest BCUT2D eigenvalue weighted by Crippen LogP contribution is -2.49. The Morgan fingerprint density at radius 1 is 1.22 bits per heavy atom. The van der Waals surface area contributed by atoms with Crippen molar-refractivity contribution in [3.8, 4) is 11.8 Å². The summed E-state index contributed by atoms with van der Waals surface area (Å²) in [6.45, 7) is 2.00. The van der Waals surface area contributed by atoms with E-state index in [0.717, 1.165) is 18.9 Å². The van der Waals surface area contributed by atoms with E-state index in [1.165, 1.54) is 41.1 Å². The lowest BCUT2D eigenvalue weighted by molar-refractivity contribution is -0.239. The summed E-state index contributed by atoms with van der Waals surface area (Å²) >= 11 is 7.25. The van der Waals surface area contributed by atoms with Crippen molar-refractivity contribution in [1.82, 2.24) is 29.1 Å². The maximum atomic E-state index is 13.6. The number of hydrogen-bond acceptors (Lipinski definition) is 14. The Hall–Kier alpha value is -4.46. The number of ether oxygens (including phenoxy) is 3. The molecule has 3 aromatic heterocycles. The molecule has 24 heteroatoms. The number of thioether (sulfide) groups is 1. The summed E-state index contributed by atoms with van der Waals surface area (Å²) in [7, 11) is -4.16. The molecule has 3 aliphatic rings. The van der Waals surface area contributed by atoms with E-state index in [-0.39, 0.29) is 52.1 Å². The maximum Gasteiger partial charge on any atom is 0.445 e. The van der Waals surface area contributed by atoms with Crippen LogP contribution in [-0.2, 0) is 30.9 Å². The minimum absolute atomic E-state index is 0.00179. The van der Waals surface area contributed by atoms with Gasteiger partial charge < -0.3 is 45.1 Å². The molecule has 4 atom stereocenters. The molecule has 55 heavy (non-hydrogen) atoms. The summed E-state index contributed by atoms with van der Waals surface area (Å²) in [6, 6.07) is 5.35. The van der Waals surface area contributed by atoms with Gasteiger partial charge in [-0.2, -0.15) is 18.2 Å².